The van der Waals surface area contributed by atoms with Crippen LogP contribution >= 0.6 is 0 Å². The summed E-state index contributed by atoms with van der Waals surface area (Å²) in [6, 6.07) is 25.4. The first kappa shape index (κ1) is 27.4. The van der Waals surface area contributed by atoms with Crippen LogP contribution < -0.4 is 5.73 Å². The molecule has 40 heavy (non-hydrogen) atoms. The van der Waals surface area contributed by atoms with E-state index in [9.17, 15) is 23.1 Å². The molecule has 1 atom stereocenters. The second-order valence-electron chi connectivity index (χ2n) is 9.72. The van der Waals surface area contributed by atoms with Crippen molar-refractivity contribution >= 4 is 32.9 Å². The lowest BCUT2D eigenvalue weighted by Crippen LogP contribution is -2.49. The number of rotatable bonds is 10. The van der Waals surface area contributed by atoms with Crippen molar-refractivity contribution < 1.29 is 27.9 Å². The quantitative estimate of drug-likeness (QED) is 0.251. The molecule has 8 nitrogen and oxygen atoms in total. The van der Waals surface area contributed by atoms with Crippen molar-refractivity contribution in [2.75, 3.05) is 13.2 Å². The number of aliphatic carboxylic acids is 1. The molecule has 0 saturated carbocycles. The third kappa shape index (κ3) is 5.05. The molecule has 4 aromatic rings. The third-order valence-corrected chi connectivity index (χ3v) is 9.14. The molecule has 0 aliphatic heterocycles. The van der Waals surface area contributed by atoms with Crippen molar-refractivity contribution in [3.63, 3.8) is 0 Å². The zero-order valence-corrected chi connectivity index (χ0v) is 22.6. The predicted molar refractivity (Wildman–Crippen MR) is 152 cm³/mol. The molecule has 1 aliphatic carbocycles. The first-order valence-corrected chi connectivity index (χ1v) is 14.6. The molecule has 0 saturated heterocycles. The molecule has 0 unspecified atom stereocenters. The number of carboxylic acid groups (broad SMARTS) is 1. The predicted octanol–water partition coefficient (Wildman–Crippen LogP) is 5.36. The summed E-state index contributed by atoms with van der Waals surface area (Å²) in [5.74, 6) is -1.76. The number of fused-ring (bicyclic) bond motifs is 4. The minimum absolute atomic E-state index is 0.0965. The van der Waals surface area contributed by atoms with Crippen LogP contribution in [0.1, 0.15) is 36.3 Å². The molecular formula is C31H30N2O6S. The molecule has 0 aromatic heterocycles. The summed E-state index contributed by atoms with van der Waals surface area (Å²) in [7, 11) is -4.63. The van der Waals surface area contributed by atoms with E-state index in [-0.39, 0.29) is 23.8 Å². The monoisotopic (exact) mass is 558 g/mol. The number of sulfonamides is 1. The molecule has 0 fully saturated rings. The van der Waals surface area contributed by atoms with Crippen molar-refractivity contribution in [2.24, 2.45) is 5.73 Å². The van der Waals surface area contributed by atoms with Crippen LogP contribution in [0.3, 0.4) is 0 Å². The topological polar surface area (TPSA) is 127 Å². The Bertz CT molecular complexity index is 1620. The smallest absolute Gasteiger partial charge is 0.424 e. The number of unbranched alkanes of at least 4 members (excludes halogenated alkanes) is 1. The Morgan fingerprint density at radius 2 is 1.45 bits per heavy atom. The van der Waals surface area contributed by atoms with E-state index in [0.717, 1.165) is 22.3 Å². The summed E-state index contributed by atoms with van der Waals surface area (Å²) in [5, 5.41) is 11.1. The number of nitrogens with zero attached hydrogens (tertiary/aromatic N) is 1. The van der Waals surface area contributed by atoms with Gasteiger partial charge in [-0.15, -0.1) is 0 Å². The van der Waals surface area contributed by atoms with Gasteiger partial charge in [-0.05, 0) is 59.5 Å². The largest absolute Gasteiger partial charge is 0.480 e. The standard InChI is InChI=1S/C31H30N2O6S/c32-19-8-7-17-28(30(34)35)33(40(37,38)29-18-9-11-21-10-1-2-12-22(21)29)31(36)39-20-27-25-15-5-3-13-23(25)24-14-4-6-16-26(24)27/h1-6,9-16,18,27-28H,7-8,17,19-20,32H2,(H,34,35)/t28-/m0/s1. The fourth-order valence-corrected chi connectivity index (χ4v) is 7.11. The molecular weight excluding hydrogens is 528 g/mol. The van der Waals surface area contributed by atoms with E-state index in [2.05, 4.69) is 0 Å². The number of amides is 1. The van der Waals surface area contributed by atoms with E-state index in [0.29, 0.717) is 34.5 Å². The zero-order valence-electron chi connectivity index (χ0n) is 21.8. The molecule has 206 valence electrons. The summed E-state index contributed by atoms with van der Waals surface area (Å²) in [5.41, 5.74) is 9.54. The van der Waals surface area contributed by atoms with Gasteiger partial charge in [0.1, 0.15) is 12.6 Å². The second kappa shape index (κ2) is 11.5. The van der Waals surface area contributed by atoms with Crippen molar-refractivity contribution in [2.45, 2.75) is 36.1 Å². The summed E-state index contributed by atoms with van der Waals surface area (Å²) in [6.07, 6.45) is -0.516. The van der Waals surface area contributed by atoms with E-state index >= 15 is 0 Å². The maximum Gasteiger partial charge on any atom is 0.424 e. The highest BCUT2D eigenvalue weighted by Gasteiger charge is 2.42. The van der Waals surface area contributed by atoms with Gasteiger partial charge in [-0.25, -0.2) is 18.0 Å². The Balaban J connectivity index is 1.52. The van der Waals surface area contributed by atoms with Crippen molar-refractivity contribution in [1.29, 1.82) is 0 Å². The fourth-order valence-electron chi connectivity index (χ4n) is 5.40. The molecule has 0 radical (unpaired) electrons. The number of carboxylic acids is 1. The number of ether oxygens (including phenoxy) is 1. The van der Waals surface area contributed by atoms with Crippen LogP contribution in [-0.2, 0) is 19.6 Å². The Morgan fingerprint density at radius 3 is 2.10 bits per heavy atom. The number of benzene rings is 4. The normalized spacial score (nSPS) is 13.4. The number of carbonyl (C=O) groups excluding carboxylic acids is 1. The first-order chi connectivity index (χ1) is 19.3. The van der Waals surface area contributed by atoms with Crippen molar-refractivity contribution in [3.05, 3.63) is 102 Å². The SMILES string of the molecule is NCCCC[C@@H](C(=O)O)N(C(=O)OCC1c2ccccc2-c2ccccc21)S(=O)(=O)c1cccc2ccccc12. The van der Waals surface area contributed by atoms with Crippen molar-refractivity contribution in [3.8, 4) is 11.1 Å². The van der Waals surface area contributed by atoms with Gasteiger partial charge in [-0.1, -0.05) is 84.9 Å². The van der Waals surface area contributed by atoms with Gasteiger partial charge in [-0.3, -0.25) is 0 Å². The van der Waals surface area contributed by atoms with Crippen LogP contribution in [0, 0.1) is 0 Å². The summed E-state index contributed by atoms with van der Waals surface area (Å²) in [4.78, 5) is 26.0. The maximum atomic E-state index is 14.1. The average molecular weight is 559 g/mol. The van der Waals surface area contributed by atoms with E-state index in [1.165, 1.54) is 6.07 Å². The Morgan fingerprint density at radius 1 is 0.850 bits per heavy atom. The van der Waals surface area contributed by atoms with Crippen LogP contribution in [-0.4, -0.2) is 49.1 Å². The number of hydrogen-bond acceptors (Lipinski definition) is 6. The molecule has 1 amide bonds. The fraction of sp³-hybridized carbons (Fsp3) is 0.226. The lowest BCUT2D eigenvalue weighted by molar-refractivity contribution is -0.141. The van der Waals surface area contributed by atoms with E-state index in [1.54, 1.807) is 36.4 Å². The van der Waals surface area contributed by atoms with Crippen LogP contribution in [0.2, 0.25) is 0 Å². The summed E-state index contributed by atoms with van der Waals surface area (Å²) in [6.45, 7) is 0.164. The van der Waals surface area contributed by atoms with Crippen LogP contribution in [0.5, 0.6) is 0 Å². The summed E-state index contributed by atoms with van der Waals surface area (Å²) < 4.78 is 34.3. The Labute approximate surface area is 233 Å². The van der Waals surface area contributed by atoms with Crippen LogP contribution in [0.25, 0.3) is 21.9 Å². The van der Waals surface area contributed by atoms with E-state index < -0.39 is 28.1 Å². The molecule has 4 aromatic carbocycles. The molecule has 3 N–H and O–H groups in total. The highest BCUT2D eigenvalue weighted by Crippen LogP contribution is 2.44. The van der Waals surface area contributed by atoms with Gasteiger partial charge in [0.15, 0.2) is 0 Å². The van der Waals surface area contributed by atoms with Crippen LogP contribution in [0.4, 0.5) is 4.79 Å². The molecule has 0 bridgehead atoms. The molecule has 0 heterocycles. The van der Waals surface area contributed by atoms with Crippen LogP contribution in [0.15, 0.2) is 95.9 Å². The molecule has 1 aliphatic rings. The lowest BCUT2D eigenvalue weighted by atomic mass is 9.98. The molecule has 0 spiro atoms. The number of carbonyl (C=O) groups is 2. The third-order valence-electron chi connectivity index (χ3n) is 7.30. The van der Waals surface area contributed by atoms with Gasteiger partial charge >= 0.3 is 12.1 Å². The Hall–Kier alpha value is -4.21. The lowest BCUT2D eigenvalue weighted by Gasteiger charge is -2.28. The second-order valence-corrected chi connectivity index (χ2v) is 11.5. The average Bonchev–Trinajstić information content (AvgIpc) is 3.28. The summed E-state index contributed by atoms with van der Waals surface area (Å²) >= 11 is 0. The van der Waals surface area contributed by atoms with Gasteiger partial charge in [0.05, 0.1) is 4.90 Å². The number of nitrogens with two attached hydrogens (primary N) is 1. The van der Waals surface area contributed by atoms with Crippen molar-refractivity contribution in [1.82, 2.24) is 4.31 Å². The maximum absolute atomic E-state index is 14.1. The van der Waals surface area contributed by atoms with E-state index in [1.807, 2.05) is 48.5 Å². The Kier molecular flexibility index (Phi) is 7.86. The van der Waals surface area contributed by atoms with E-state index in [4.69, 9.17) is 10.5 Å². The number of hydrogen-bond donors (Lipinski definition) is 2. The van der Waals surface area contributed by atoms with Gasteiger partial charge in [-0.2, -0.15) is 4.31 Å². The minimum Gasteiger partial charge on any atom is -0.480 e. The molecule has 5 rings (SSSR count). The highest BCUT2D eigenvalue weighted by atomic mass is 32.2. The minimum atomic E-state index is -4.63. The highest BCUT2D eigenvalue weighted by molar-refractivity contribution is 7.90. The van der Waals surface area contributed by atoms with Gasteiger partial charge in [0.2, 0.25) is 0 Å². The zero-order chi connectivity index (χ0) is 28.3. The molecule has 9 heteroatoms. The van der Waals surface area contributed by atoms with Gasteiger partial charge < -0.3 is 15.6 Å². The van der Waals surface area contributed by atoms with Gasteiger partial charge in [0.25, 0.3) is 10.0 Å². The van der Waals surface area contributed by atoms with Gasteiger partial charge in [0, 0.05) is 11.3 Å². The first-order valence-electron chi connectivity index (χ1n) is 13.1.